The quantitative estimate of drug-likeness (QED) is 0.850. The smallest absolute Gasteiger partial charge is 0.0652 e. The Bertz CT molecular complexity index is 504. The molecule has 1 N–H and O–H groups in total. The maximum Gasteiger partial charge on any atom is 0.0652 e. The Labute approximate surface area is 102 Å². The van der Waals surface area contributed by atoms with Gasteiger partial charge in [-0.05, 0) is 29.5 Å². The summed E-state index contributed by atoms with van der Waals surface area (Å²) in [5, 5.41) is 10.3. The minimum absolute atomic E-state index is 0.257. The van der Waals surface area contributed by atoms with Gasteiger partial charge in [0.1, 0.15) is 0 Å². The predicted molar refractivity (Wildman–Crippen MR) is 69.0 cm³/mol. The third-order valence-electron chi connectivity index (χ3n) is 3.65. The van der Waals surface area contributed by atoms with Crippen LogP contribution < -0.4 is 0 Å². The highest BCUT2D eigenvalue weighted by Crippen LogP contribution is 2.38. The zero-order valence-corrected chi connectivity index (χ0v) is 9.71. The highest BCUT2D eigenvalue weighted by Gasteiger charge is 2.31. The standard InChI is InChI=1S/C16H16O/c17-16(10-12-6-2-1-3-7-12)15-11-13-8-4-5-9-14(13)15/h1-9,15-17H,10-11H2. The van der Waals surface area contributed by atoms with E-state index >= 15 is 0 Å². The van der Waals surface area contributed by atoms with Crippen LogP contribution in [0.2, 0.25) is 0 Å². The number of aliphatic hydroxyl groups excluding tert-OH is 1. The van der Waals surface area contributed by atoms with Gasteiger partial charge >= 0.3 is 0 Å². The molecule has 0 bridgehead atoms. The largest absolute Gasteiger partial charge is 0.392 e. The fraction of sp³-hybridized carbons (Fsp3) is 0.250. The number of aliphatic hydroxyl groups is 1. The first-order valence-electron chi connectivity index (χ1n) is 6.14. The zero-order chi connectivity index (χ0) is 11.7. The summed E-state index contributed by atoms with van der Waals surface area (Å²) >= 11 is 0. The molecule has 1 nitrogen and oxygen atoms in total. The normalized spacial score (nSPS) is 19.2. The zero-order valence-electron chi connectivity index (χ0n) is 9.71. The summed E-state index contributed by atoms with van der Waals surface area (Å²) in [6, 6.07) is 18.6. The van der Waals surface area contributed by atoms with E-state index in [2.05, 4.69) is 36.4 Å². The van der Waals surface area contributed by atoms with Crippen LogP contribution in [0, 0.1) is 0 Å². The van der Waals surface area contributed by atoms with E-state index in [0.717, 1.165) is 12.8 Å². The second kappa shape index (κ2) is 4.34. The van der Waals surface area contributed by atoms with E-state index in [4.69, 9.17) is 0 Å². The fourth-order valence-corrected chi connectivity index (χ4v) is 2.64. The van der Waals surface area contributed by atoms with Gasteiger partial charge in [0.15, 0.2) is 0 Å². The molecular formula is C16H16O. The molecule has 0 saturated carbocycles. The molecule has 2 aromatic rings. The second-order valence-electron chi connectivity index (χ2n) is 4.77. The van der Waals surface area contributed by atoms with Gasteiger partial charge in [-0.3, -0.25) is 0 Å². The maximum absolute atomic E-state index is 10.3. The van der Waals surface area contributed by atoms with Gasteiger partial charge in [0.2, 0.25) is 0 Å². The van der Waals surface area contributed by atoms with E-state index in [1.54, 1.807) is 0 Å². The second-order valence-corrected chi connectivity index (χ2v) is 4.77. The van der Waals surface area contributed by atoms with Crippen molar-refractivity contribution in [3.05, 3.63) is 71.3 Å². The lowest BCUT2D eigenvalue weighted by Crippen LogP contribution is -2.30. The van der Waals surface area contributed by atoms with Crippen LogP contribution in [0.15, 0.2) is 54.6 Å². The number of fused-ring (bicyclic) bond motifs is 1. The van der Waals surface area contributed by atoms with Gasteiger partial charge in [-0.25, -0.2) is 0 Å². The van der Waals surface area contributed by atoms with Gasteiger partial charge in [0.05, 0.1) is 6.10 Å². The first kappa shape index (κ1) is 10.5. The Morgan fingerprint density at radius 1 is 1.00 bits per heavy atom. The molecule has 86 valence electrons. The Kier molecular flexibility index (Phi) is 2.69. The van der Waals surface area contributed by atoms with E-state index in [1.165, 1.54) is 16.7 Å². The molecule has 2 unspecified atom stereocenters. The van der Waals surface area contributed by atoms with E-state index in [0.29, 0.717) is 5.92 Å². The van der Waals surface area contributed by atoms with Gasteiger partial charge < -0.3 is 5.11 Å². The molecule has 0 fully saturated rings. The molecule has 0 aliphatic heterocycles. The van der Waals surface area contributed by atoms with E-state index < -0.39 is 0 Å². The molecule has 2 aromatic carbocycles. The Morgan fingerprint density at radius 3 is 2.47 bits per heavy atom. The lowest BCUT2D eigenvalue weighted by atomic mass is 9.73. The lowest BCUT2D eigenvalue weighted by Gasteiger charge is -2.34. The number of benzene rings is 2. The van der Waals surface area contributed by atoms with Crippen molar-refractivity contribution in [2.45, 2.75) is 24.9 Å². The first-order valence-corrected chi connectivity index (χ1v) is 6.14. The number of hydrogen-bond donors (Lipinski definition) is 1. The summed E-state index contributed by atoms with van der Waals surface area (Å²) in [4.78, 5) is 0. The minimum atomic E-state index is -0.257. The van der Waals surface area contributed by atoms with Crippen molar-refractivity contribution in [2.24, 2.45) is 0 Å². The molecule has 17 heavy (non-hydrogen) atoms. The summed E-state index contributed by atoms with van der Waals surface area (Å²) in [7, 11) is 0. The average Bonchev–Trinajstić information content (AvgIpc) is 2.32. The molecule has 3 rings (SSSR count). The van der Waals surface area contributed by atoms with Crippen molar-refractivity contribution in [1.82, 2.24) is 0 Å². The molecule has 0 saturated heterocycles. The van der Waals surface area contributed by atoms with Crippen molar-refractivity contribution in [1.29, 1.82) is 0 Å². The third-order valence-corrected chi connectivity index (χ3v) is 3.65. The van der Waals surface area contributed by atoms with Crippen LogP contribution in [-0.4, -0.2) is 11.2 Å². The van der Waals surface area contributed by atoms with Crippen molar-refractivity contribution in [3.63, 3.8) is 0 Å². The fourth-order valence-electron chi connectivity index (χ4n) is 2.64. The summed E-state index contributed by atoms with van der Waals surface area (Å²) in [5.74, 6) is 0.325. The highest BCUT2D eigenvalue weighted by molar-refractivity contribution is 5.41. The average molecular weight is 224 g/mol. The van der Waals surface area contributed by atoms with E-state index in [1.807, 2.05) is 18.2 Å². The SMILES string of the molecule is OC(Cc1ccccc1)C1Cc2ccccc21. The summed E-state index contributed by atoms with van der Waals surface area (Å²) in [6.07, 6.45) is 1.51. The van der Waals surface area contributed by atoms with Crippen LogP contribution >= 0.6 is 0 Å². The summed E-state index contributed by atoms with van der Waals surface area (Å²) < 4.78 is 0. The van der Waals surface area contributed by atoms with E-state index in [-0.39, 0.29) is 6.10 Å². The molecule has 2 atom stereocenters. The van der Waals surface area contributed by atoms with Gasteiger partial charge in [0.25, 0.3) is 0 Å². The van der Waals surface area contributed by atoms with Crippen molar-refractivity contribution in [3.8, 4) is 0 Å². The molecule has 0 aromatic heterocycles. The molecule has 0 spiro atoms. The van der Waals surface area contributed by atoms with Crippen LogP contribution in [0.4, 0.5) is 0 Å². The Balaban J connectivity index is 1.72. The molecule has 0 heterocycles. The van der Waals surface area contributed by atoms with Crippen LogP contribution in [0.3, 0.4) is 0 Å². The summed E-state index contributed by atoms with van der Waals surface area (Å²) in [6.45, 7) is 0. The van der Waals surface area contributed by atoms with Gasteiger partial charge in [0, 0.05) is 5.92 Å². The van der Waals surface area contributed by atoms with Crippen LogP contribution in [-0.2, 0) is 12.8 Å². The minimum Gasteiger partial charge on any atom is -0.392 e. The Morgan fingerprint density at radius 2 is 1.71 bits per heavy atom. The van der Waals surface area contributed by atoms with Crippen LogP contribution in [0.1, 0.15) is 22.6 Å². The topological polar surface area (TPSA) is 20.2 Å². The van der Waals surface area contributed by atoms with Gasteiger partial charge in [-0.15, -0.1) is 0 Å². The molecule has 1 aliphatic rings. The molecule has 1 heteroatoms. The number of hydrogen-bond acceptors (Lipinski definition) is 1. The predicted octanol–water partition coefficient (Wildman–Crippen LogP) is 2.93. The molecular weight excluding hydrogens is 208 g/mol. The molecule has 1 aliphatic carbocycles. The third kappa shape index (κ3) is 1.98. The first-order chi connectivity index (χ1) is 8.34. The van der Waals surface area contributed by atoms with Gasteiger partial charge in [-0.2, -0.15) is 0 Å². The van der Waals surface area contributed by atoms with Crippen LogP contribution in [0.25, 0.3) is 0 Å². The monoisotopic (exact) mass is 224 g/mol. The maximum atomic E-state index is 10.3. The molecule has 0 radical (unpaired) electrons. The summed E-state index contributed by atoms with van der Waals surface area (Å²) in [5.41, 5.74) is 3.94. The highest BCUT2D eigenvalue weighted by atomic mass is 16.3. The Hall–Kier alpha value is -1.60. The lowest BCUT2D eigenvalue weighted by molar-refractivity contribution is 0.133. The molecule has 0 amide bonds. The van der Waals surface area contributed by atoms with Crippen molar-refractivity contribution < 1.29 is 5.11 Å². The van der Waals surface area contributed by atoms with Crippen molar-refractivity contribution in [2.75, 3.05) is 0 Å². The van der Waals surface area contributed by atoms with Crippen molar-refractivity contribution >= 4 is 0 Å². The van der Waals surface area contributed by atoms with Gasteiger partial charge in [-0.1, -0.05) is 54.6 Å². The van der Waals surface area contributed by atoms with Crippen LogP contribution in [0.5, 0.6) is 0 Å². The number of rotatable bonds is 3. The van der Waals surface area contributed by atoms with E-state index in [9.17, 15) is 5.11 Å².